The predicted molar refractivity (Wildman–Crippen MR) is 93.9 cm³/mol. The minimum atomic E-state index is 0.159. The van der Waals surface area contributed by atoms with Gasteiger partial charge in [0.1, 0.15) is 0 Å². The molecule has 2 rings (SSSR count). The normalized spacial score (nSPS) is 12.3. The van der Waals surface area contributed by atoms with E-state index in [1.165, 1.54) is 5.56 Å². The lowest BCUT2D eigenvalue weighted by atomic mass is 9.89. The van der Waals surface area contributed by atoms with Crippen LogP contribution in [0.2, 0.25) is 10.0 Å². The molecule has 1 atom stereocenters. The third-order valence-corrected chi connectivity index (χ3v) is 4.45. The zero-order chi connectivity index (χ0) is 15.8. The van der Waals surface area contributed by atoms with Crippen molar-refractivity contribution in [1.29, 1.82) is 0 Å². The van der Waals surface area contributed by atoms with Crippen LogP contribution in [0, 0.1) is 0 Å². The van der Waals surface area contributed by atoms with Crippen molar-refractivity contribution in [3.05, 3.63) is 69.7 Å². The Morgan fingerprint density at radius 2 is 1.59 bits per heavy atom. The van der Waals surface area contributed by atoms with Crippen LogP contribution in [0.4, 0.5) is 0 Å². The van der Waals surface area contributed by atoms with E-state index in [0.29, 0.717) is 12.5 Å². The van der Waals surface area contributed by atoms with Gasteiger partial charge >= 0.3 is 0 Å². The van der Waals surface area contributed by atoms with Gasteiger partial charge < -0.3 is 10.4 Å². The molecule has 2 aromatic carbocycles. The predicted octanol–water partition coefficient (Wildman–Crippen LogP) is 4.29. The summed E-state index contributed by atoms with van der Waals surface area (Å²) in [7, 11) is 0. The van der Waals surface area contributed by atoms with E-state index >= 15 is 0 Å². The van der Waals surface area contributed by atoms with Crippen LogP contribution >= 0.6 is 23.2 Å². The summed E-state index contributed by atoms with van der Waals surface area (Å²) < 4.78 is 0. The first-order valence-corrected chi connectivity index (χ1v) is 8.27. The number of benzene rings is 2. The number of nitrogens with one attached hydrogen (secondary N) is 1. The maximum atomic E-state index is 8.86. The highest BCUT2D eigenvalue weighted by atomic mass is 35.5. The summed E-state index contributed by atoms with van der Waals surface area (Å²) in [5.74, 6) is 0.338. The molecule has 0 saturated carbocycles. The van der Waals surface area contributed by atoms with Gasteiger partial charge in [-0.25, -0.2) is 0 Å². The zero-order valence-electron chi connectivity index (χ0n) is 12.4. The average Bonchev–Trinajstić information content (AvgIpc) is 2.54. The number of rotatable bonds is 8. The van der Waals surface area contributed by atoms with Crippen LogP contribution in [-0.2, 0) is 6.42 Å². The highest BCUT2D eigenvalue weighted by Gasteiger charge is 2.16. The fourth-order valence-corrected chi connectivity index (χ4v) is 3.12. The van der Waals surface area contributed by atoms with Gasteiger partial charge in [-0.2, -0.15) is 0 Å². The number of hydrogen-bond acceptors (Lipinski definition) is 2. The molecule has 2 nitrogen and oxygen atoms in total. The first-order chi connectivity index (χ1) is 10.7. The lowest BCUT2D eigenvalue weighted by Gasteiger charge is -2.19. The topological polar surface area (TPSA) is 32.3 Å². The lowest BCUT2D eigenvalue weighted by molar-refractivity contribution is 0.291. The lowest BCUT2D eigenvalue weighted by Crippen LogP contribution is -2.21. The van der Waals surface area contributed by atoms with Gasteiger partial charge in [0.25, 0.3) is 0 Å². The smallest absolute Gasteiger partial charge is 0.0555 e. The monoisotopic (exact) mass is 337 g/mol. The van der Waals surface area contributed by atoms with Crippen LogP contribution in [0.5, 0.6) is 0 Å². The Morgan fingerprint density at radius 3 is 2.23 bits per heavy atom. The summed E-state index contributed by atoms with van der Waals surface area (Å²) >= 11 is 12.6. The summed E-state index contributed by atoms with van der Waals surface area (Å²) in [6.07, 6.45) is 1.77. The second kappa shape index (κ2) is 9.16. The Bertz CT molecular complexity index is 554. The molecular formula is C18H21Cl2NO. The largest absolute Gasteiger partial charge is 0.395 e. The molecule has 2 N–H and O–H groups in total. The van der Waals surface area contributed by atoms with Gasteiger partial charge in [0.2, 0.25) is 0 Å². The van der Waals surface area contributed by atoms with Crippen LogP contribution in [0.3, 0.4) is 0 Å². The van der Waals surface area contributed by atoms with E-state index in [1.54, 1.807) is 0 Å². The van der Waals surface area contributed by atoms with E-state index < -0.39 is 0 Å². The summed E-state index contributed by atoms with van der Waals surface area (Å²) in [6.45, 7) is 1.63. The SMILES string of the molecule is OCCNCC[C@@H](Cc1c(Cl)cccc1Cl)c1ccccc1. The van der Waals surface area contributed by atoms with E-state index in [4.69, 9.17) is 28.3 Å². The molecule has 2 aromatic rings. The zero-order valence-corrected chi connectivity index (χ0v) is 13.9. The summed E-state index contributed by atoms with van der Waals surface area (Å²) in [6, 6.07) is 16.0. The Hall–Kier alpha value is -1.06. The van der Waals surface area contributed by atoms with Crippen LogP contribution < -0.4 is 5.32 Å². The maximum absolute atomic E-state index is 8.86. The van der Waals surface area contributed by atoms with Crippen molar-refractivity contribution < 1.29 is 5.11 Å². The first kappa shape index (κ1) is 17.3. The van der Waals surface area contributed by atoms with E-state index in [0.717, 1.165) is 35.0 Å². The van der Waals surface area contributed by atoms with E-state index in [-0.39, 0.29) is 6.61 Å². The third-order valence-electron chi connectivity index (χ3n) is 3.74. The molecule has 0 aliphatic rings. The molecule has 22 heavy (non-hydrogen) atoms. The van der Waals surface area contributed by atoms with Crippen molar-refractivity contribution in [2.45, 2.75) is 18.8 Å². The Labute approximate surface area is 142 Å². The number of aliphatic hydroxyl groups is 1. The van der Waals surface area contributed by atoms with Crippen LogP contribution in [0.15, 0.2) is 48.5 Å². The van der Waals surface area contributed by atoms with Gasteiger partial charge in [0, 0.05) is 16.6 Å². The van der Waals surface area contributed by atoms with Gasteiger partial charge in [-0.05, 0) is 48.6 Å². The molecule has 0 bridgehead atoms. The molecule has 0 aliphatic heterocycles. The number of hydrogen-bond donors (Lipinski definition) is 2. The van der Waals surface area contributed by atoms with Crippen molar-refractivity contribution in [3.63, 3.8) is 0 Å². The molecule has 0 aliphatic carbocycles. The second-order valence-electron chi connectivity index (χ2n) is 5.27. The summed E-state index contributed by atoms with van der Waals surface area (Å²) in [5, 5.41) is 13.5. The van der Waals surface area contributed by atoms with Crippen LogP contribution in [0.25, 0.3) is 0 Å². The molecule has 0 amide bonds. The molecule has 118 valence electrons. The van der Waals surface area contributed by atoms with Crippen molar-refractivity contribution in [3.8, 4) is 0 Å². The minimum Gasteiger partial charge on any atom is -0.395 e. The molecule has 0 unspecified atom stereocenters. The standard InChI is InChI=1S/C18H21Cl2NO/c19-17-7-4-8-18(20)16(17)13-15(9-10-21-11-12-22)14-5-2-1-3-6-14/h1-8,15,21-22H,9-13H2/t15-/m0/s1. The number of halogens is 2. The van der Waals surface area contributed by atoms with Gasteiger partial charge in [0.05, 0.1) is 6.61 Å². The Kier molecular flexibility index (Phi) is 7.20. The van der Waals surface area contributed by atoms with E-state index in [9.17, 15) is 0 Å². The molecule has 0 heterocycles. The van der Waals surface area contributed by atoms with Gasteiger partial charge in [-0.15, -0.1) is 0 Å². The fraction of sp³-hybridized carbons (Fsp3) is 0.333. The van der Waals surface area contributed by atoms with Crippen molar-refractivity contribution >= 4 is 23.2 Å². The highest BCUT2D eigenvalue weighted by molar-refractivity contribution is 6.36. The quantitative estimate of drug-likeness (QED) is 0.704. The van der Waals surface area contributed by atoms with Crippen molar-refractivity contribution in [2.75, 3.05) is 19.7 Å². The molecule has 0 aromatic heterocycles. The van der Waals surface area contributed by atoms with Gasteiger partial charge in [0.15, 0.2) is 0 Å². The third kappa shape index (κ3) is 4.99. The van der Waals surface area contributed by atoms with Crippen molar-refractivity contribution in [2.24, 2.45) is 0 Å². The van der Waals surface area contributed by atoms with Gasteiger partial charge in [-0.1, -0.05) is 59.6 Å². The maximum Gasteiger partial charge on any atom is 0.0555 e. The summed E-state index contributed by atoms with van der Waals surface area (Å²) in [5.41, 5.74) is 2.28. The Morgan fingerprint density at radius 1 is 0.909 bits per heavy atom. The molecule has 0 radical (unpaired) electrons. The Balaban J connectivity index is 2.14. The summed E-state index contributed by atoms with van der Waals surface area (Å²) in [4.78, 5) is 0. The van der Waals surface area contributed by atoms with Crippen LogP contribution in [-0.4, -0.2) is 24.8 Å². The van der Waals surface area contributed by atoms with E-state index in [1.807, 2.05) is 24.3 Å². The van der Waals surface area contributed by atoms with Crippen molar-refractivity contribution in [1.82, 2.24) is 5.32 Å². The van der Waals surface area contributed by atoms with Gasteiger partial charge in [-0.3, -0.25) is 0 Å². The molecule has 0 fully saturated rings. The molecule has 4 heteroatoms. The first-order valence-electron chi connectivity index (χ1n) is 7.51. The number of aliphatic hydroxyl groups excluding tert-OH is 1. The van der Waals surface area contributed by atoms with Crippen LogP contribution in [0.1, 0.15) is 23.5 Å². The molecule has 0 spiro atoms. The molecular weight excluding hydrogens is 317 g/mol. The van der Waals surface area contributed by atoms with E-state index in [2.05, 4.69) is 29.6 Å². The minimum absolute atomic E-state index is 0.159. The molecule has 0 saturated heterocycles. The fourth-order valence-electron chi connectivity index (χ4n) is 2.57. The highest BCUT2D eigenvalue weighted by Crippen LogP contribution is 2.31. The average molecular weight is 338 g/mol. The second-order valence-corrected chi connectivity index (χ2v) is 6.09.